The van der Waals surface area contributed by atoms with Gasteiger partial charge in [-0.15, -0.1) is 0 Å². The smallest absolute Gasteiger partial charge is 0.223 e. The van der Waals surface area contributed by atoms with Crippen LogP contribution in [-0.4, -0.2) is 29.9 Å². The van der Waals surface area contributed by atoms with Gasteiger partial charge in [-0.2, -0.15) is 0 Å². The second kappa shape index (κ2) is 6.00. The van der Waals surface area contributed by atoms with Gasteiger partial charge in [0.05, 0.1) is 6.54 Å². The molecule has 110 valence electrons. The molecule has 1 aromatic heterocycles. The maximum atomic E-state index is 12.6. The van der Waals surface area contributed by atoms with Crippen LogP contribution in [0.4, 0.5) is 0 Å². The molecule has 1 amide bonds. The lowest BCUT2D eigenvalue weighted by Gasteiger charge is -2.26. The van der Waals surface area contributed by atoms with Crippen molar-refractivity contribution in [1.82, 2.24) is 10.2 Å². The number of hydrogen-bond donors (Lipinski definition) is 1. The summed E-state index contributed by atoms with van der Waals surface area (Å²) in [7, 11) is 0. The van der Waals surface area contributed by atoms with Crippen LogP contribution in [0.5, 0.6) is 0 Å². The minimum Gasteiger partial charge on any atom is -0.464 e. The van der Waals surface area contributed by atoms with Crippen molar-refractivity contribution >= 4 is 5.91 Å². The van der Waals surface area contributed by atoms with E-state index in [0.29, 0.717) is 30.8 Å². The lowest BCUT2D eigenvalue weighted by atomic mass is 9.94. The Morgan fingerprint density at radius 2 is 2.05 bits per heavy atom. The summed E-state index contributed by atoms with van der Waals surface area (Å²) in [5, 5.41) is 3.35. The van der Waals surface area contributed by atoms with Gasteiger partial charge in [-0.1, -0.05) is 0 Å². The molecule has 0 aromatic carbocycles. The molecule has 1 saturated carbocycles. The Morgan fingerprint density at radius 1 is 1.30 bits per heavy atom. The van der Waals surface area contributed by atoms with E-state index in [2.05, 4.69) is 5.32 Å². The molecule has 0 bridgehead atoms. The van der Waals surface area contributed by atoms with Crippen LogP contribution in [0.15, 0.2) is 16.5 Å². The lowest BCUT2D eigenvalue weighted by Crippen LogP contribution is -2.36. The largest absolute Gasteiger partial charge is 0.464 e. The molecule has 1 N–H and O–H groups in total. The number of aryl methyl sites for hydroxylation is 1. The summed E-state index contributed by atoms with van der Waals surface area (Å²) in [4.78, 5) is 14.6. The fraction of sp³-hybridized carbons (Fsp3) is 0.688. The highest BCUT2D eigenvalue weighted by Crippen LogP contribution is 2.30. The number of furan rings is 1. The van der Waals surface area contributed by atoms with Crippen LogP contribution in [0, 0.1) is 12.8 Å². The van der Waals surface area contributed by atoms with Crippen LogP contribution < -0.4 is 5.32 Å². The van der Waals surface area contributed by atoms with Gasteiger partial charge in [0.1, 0.15) is 11.5 Å². The van der Waals surface area contributed by atoms with Crippen molar-refractivity contribution in [1.29, 1.82) is 0 Å². The quantitative estimate of drug-likeness (QED) is 0.898. The molecule has 1 aromatic rings. The highest BCUT2D eigenvalue weighted by molar-refractivity contribution is 5.77. The van der Waals surface area contributed by atoms with Gasteiger partial charge < -0.3 is 14.6 Å². The van der Waals surface area contributed by atoms with Crippen molar-refractivity contribution in [3.63, 3.8) is 0 Å². The predicted molar refractivity (Wildman–Crippen MR) is 77.2 cm³/mol. The first kappa shape index (κ1) is 13.7. The van der Waals surface area contributed by atoms with E-state index in [1.54, 1.807) is 0 Å². The highest BCUT2D eigenvalue weighted by Gasteiger charge is 2.34. The summed E-state index contributed by atoms with van der Waals surface area (Å²) in [5.74, 6) is 2.70. The standard InChI is InChI=1S/C16H24N2O2/c1-12-2-5-15(20-12)11-18(14-3-4-14)16(19)10-13-6-8-17-9-7-13/h2,5,13-14,17H,3-4,6-11H2,1H3. The van der Waals surface area contributed by atoms with E-state index in [-0.39, 0.29) is 0 Å². The van der Waals surface area contributed by atoms with Crippen LogP contribution in [-0.2, 0) is 11.3 Å². The Kier molecular flexibility index (Phi) is 4.10. The van der Waals surface area contributed by atoms with Crippen molar-refractivity contribution < 1.29 is 9.21 Å². The van der Waals surface area contributed by atoms with Crippen molar-refractivity contribution in [2.75, 3.05) is 13.1 Å². The van der Waals surface area contributed by atoms with Crippen molar-refractivity contribution in [2.24, 2.45) is 5.92 Å². The Hall–Kier alpha value is -1.29. The first-order chi connectivity index (χ1) is 9.72. The second-order valence-electron chi connectivity index (χ2n) is 6.16. The van der Waals surface area contributed by atoms with E-state index >= 15 is 0 Å². The zero-order valence-electron chi connectivity index (χ0n) is 12.2. The van der Waals surface area contributed by atoms with Crippen molar-refractivity contribution in [3.8, 4) is 0 Å². The van der Waals surface area contributed by atoms with E-state index in [9.17, 15) is 4.79 Å². The number of hydrogen-bond acceptors (Lipinski definition) is 3. The Bertz CT molecular complexity index is 459. The van der Waals surface area contributed by atoms with E-state index in [4.69, 9.17) is 4.42 Å². The molecule has 1 aliphatic heterocycles. The van der Waals surface area contributed by atoms with Gasteiger partial charge in [0.15, 0.2) is 0 Å². The van der Waals surface area contributed by atoms with Gasteiger partial charge in [0, 0.05) is 12.5 Å². The van der Waals surface area contributed by atoms with Crippen LogP contribution in [0.1, 0.15) is 43.6 Å². The Balaban J connectivity index is 1.59. The normalized spacial score (nSPS) is 20.1. The molecule has 2 heterocycles. The number of piperidine rings is 1. The fourth-order valence-electron chi connectivity index (χ4n) is 3.00. The van der Waals surface area contributed by atoms with Gasteiger partial charge in [0.2, 0.25) is 5.91 Å². The molecular weight excluding hydrogens is 252 g/mol. The topological polar surface area (TPSA) is 45.5 Å². The van der Waals surface area contributed by atoms with Gasteiger partial charge in [0.25, 0.3) is 0 Å². The van der Waals surface area contributed by atoms with E-state index < -0.39 is 0 Å². The molecule has 0 radical (unpaired) electrons. The maximum Gasteiger partial charge on any atom is 0.223 e. The minimum absolute atomic E-state index is 0.313. The first-order valence-corrected chi connectivity index (χ1v) is 7.78. The third kappa shape index (κ3) is 3.42. The molecule has 1 saturated heterocycles. The summed E-state index contributed by atoms with van der Waals surface area (Å²) in [6, 6.07) is 4.41. The van der Waals surface area contributed by atoms with Crippen LogP contribution in [0.3, 0.4) is 0 Å². The number of rotatable bonds is 5. The summed E-state index contributed by atoms with van der Waals surface area (Å²) in [6.45, 7) is 4.70. The summed E-state index contributed by atoms with van der Waals surface area (Å²) in [5.41, 5.74) is 0. The van der Waals surface area contributed by atoms with Gasteiger partial charge in [-0.25, -0.2) is 0 Å². The highest BCUT2D eigenvalue weighted by atomic mass is 16.3. The number of carbonyl (C=O) groups excluding carboxylic acids is 1. The maximum absolute atomic E-state index is 12.6. The second-order valence-corrected chi connectivity index (χ2v) is 6.16. The number of nitrogens with one attached hydrogen (secondary N) is 1. The monoisotopic (exact) mass is 276 g/mol. The van der Waals surface area contributed by atoms with Gasteiger partial charge in [-0.3, -0.25) is 4.79 Å². The summed E-state index contributed by atoms with van der Waals surface area (Å²) in [6.07, 6.45) is 5.27. The lowest BCUT2D eigenvalue weighted by molar-refractivity contribution is -0.133. The summed E-state index contributed by atoms with van der Waals surface area (Å²) < 4.78 is 5.63. The predicted octanol–water partition coefficient (Wildman–Crippen LogP) is 2.47. The van der Waals surface area contributed by atoms with Crippen LogP contribution in [0.2, 0.25) is 0 Å². The number of nitrogens with zero attached hydrogens (tertiary/aromatic N) is 1. The molecule has 4 nitrogen and oxygen atoms in total. The third-order valence-corrected chi connectivity index (χ3v) is 4.35. The number of carbonyl (C=O) groups is 1. The molecule has 3 rings (SSSR count). The van der Waals surface area contributed by atoms with Gasteiger partial charge >= 0.3 is 0 Å². The van der Waals surface area contributed by atoms with Crippen molar-refractivity contribution in [3.05, 3.63) is 23.7 Å². The molecule has 2 aliphatic rings. The number of amides is 1. The molecule has 0 atom stereocenters. The Morgan fingerprint density at radius 3 is 2.65 bits per heavy atom. The molecule has 0 spiro atoms. The minimum atomic E-state index is 0.313. The molecule has 2 fully saturated rings. The zero-order valence-corrected chi connectivity index (χ0v) is 12.2. The molecular formula is C16H24N2O2. The van der Waals surface area contributed by atoms with Crippen LogP contribution in [0.25, 0.3) is 0 Å². The first-order valence-electron chi connectivity index (χ1n) is 7.78. The average Bonchev–Trinajstić information content (AvgIpc) is 3.20. The average molecular weight is 276 g/mol. The molecule has 4 heteroatoms. The van der Waals surface area contributed by atoms with Gasteiger partial charge in [-0.05, 0) is 63.7 Å². The molecule has 0 unspecified atom stereocenters. The van der Waals surface area contributed by atoms with E-state index in [1.165, 1.54) is 0 Å². The Labute approximate surface area is 120 Å². The zero-order chi connectivity index (χ0) is 13.9. The molecule has 1 aliphatic carbocycles. The SMILES string of the molecule is Cc1ccc(CN(C(=O)CC2CCNCC2)C2CC2)o1. The third-order valence-electron chi connectivity index (χ3n) is 4.35. The van der Waals surface area contributed by atoms with Crippen molar-refractivity contribution in [2.45, 2.75) is 51.6 Å². The van der Waals surface area contributed by atoms with E-state index in [1.807, 2.05) is 24.0 Å². The molecule has 20 heavy (non-hydrogen) atoms. The van der Waals surface area contributed by atoms with E-state index in [0.717, 1.165) is 50.3 Å². The fourth-order valence-corrected chi connectivity index (χ4v) is 3.00. The summed E-state index contributed by atoms with van der Waals surface area (Å²) >= 11 is 0. The van der Waals surface area contributed by atoms with Crippen LogP contribution >= 0.6 is 0 Å².